The number of thiophene rings is 1. The van der Waals surface area contributed by atoms with Crippen LogP contribution in [0.15, 0.2) is 53.9 Å². The van der Waals surface area contributed by atoms with E-state index >= 15 is 0 Å². The van der Waals surface area contributed by atoms with Crippen molar-refractivity contribution < 1.29 is 4.74 Å². The number of ether oxygens (including phenoxy) is 1. The van der Waals surface area contributed by atoms with Gasteiger partial charge in [0.25, 0.3) is 0 Å². The molecule has 0 saturated carbocycles. The van der Waals surface area contributed by atoms with Gasteiger partial charge in [-0.3, -0.25) is 0 Å². The molecule has 0 N–H and O–H groups in total. The average molecular weight is 465 g/mol. The molecule has 0 radical (unpaired) electrons. The van der Waals surface area contributed by atoms with Crippen LogP contribution in [-0.4, -0.2) is 42.8 Å². The molecule has 1 aliphatic rings. The summed E-state index contributed by atoms with van der Waals surface area (Å²) in [7, 11) is 0. The zero-order chi connectivity index (χ0) is 22.1. The lowest BCUT2D eigenvalue weighted by Crippen LogP contribution is -2.47. The number of aryl methyl sites for hydroxylation is 1. The van der Waals surface area contributed by atoms with Crippen molar-refractivity contribution >= 4 is 44.7 Å². The summed E-state index contributed by atoms with van der Waals surface area (Å²) < 4.78 is 5.60. The molecule has 7 heteroatoms. The Bertz CT molecular complexity index is 1230. The lowest BCUT2D eigenvalue weighted by molar-refractivity contribution is 0.340. The highest BCUT2D eigenvalue weighted by molar-refractivity contribution is 7.17. The Balaban J connectivity index is 1.46. The number of benzene rings is 2. The number of rotatable bonds is 5. The van der Waals surface area contributed by atoms with Gasteiger partial charge in [-0.25, -0.2) is 4.98 Å². The van der Waals surface area contributed by atoms with Crippen molar-refractivity contribution in [2.75, 3.05) is 42.6 Å². The van der Waals surface area contributed by atoms with Crippen molar-refractivity contribution in [1.29, 1.82) is 0 Å². The van der Waals surface area contributed by atoms with Crippen LogP contribution in [0, 0.1) is 6.92 Å². The number of anilines is 2. The van der Waals surface area contributed by atoms with Gasteiger partial charge in [0, 0.05) is 42.8 Å². The van der Waals surface area contributed by atoms with Gasteiger partial charge < -0.3 is 14.5 Å². The normalized spacial score (nSPS) is 14.2. The summed E-state index contributed by atoms with van der Waals surface area (Å²) in [6, 6.07) is 16.9. The maximum absolute atomic E-state index is 6.33. The van der Waals surface area contributed by atoms with Gasteiger partial charge in [-0.1, -0.05) is 24.3 Å². The average Bonchev–Trinajstić information content (AvgIpc) is 3.23. The molecule has 2 aromatic heterocycles. The summed E-state index contributed by atoms with van der Waals surface area (Å²) in [4.78, 5) is 14.9. The second-order valence-corrected chi connectivity index (χ2v) is 9.11. The van der Waals surface area contributed by atoms with Crippen molar-refractivity contribution in [2.45, 2.75) is 13.8 Å². The van der Waals surface area contributed by atoms with E-state index in [2.05, 4.69) is 68.5 Å². The predicted octanol–water partition coefficient (Wildman–Crippen LogP) is 6.05. The smallest absolute Gasteiger partial charge is 0.225 e. The minimum absolute atomic E-state index is 0.300. The summed E-state index contributed by atoms with van der Waals surface area (Å²) in [5.41, 5.74) is 4.83. The molecule has 5 rings (SSSR count). The lowest BCUT2D eigenvalue weighted by atomic mass is 10.1. The number of aromatic nitrogens is 2. The molecule has 32 heavy (non-hydrogen) atoms. The fraction of sp³-hybridized carbons (Fsp3) is 0.280. The van der Waals surface area contributed by atoms with E-state index in [9.17, 15) is 0 Å². The van der Waals surface area contributed by atoms with Crippen LogP contribution in [0.4, 0.5) is 11.5 Å². The van der Waals surface area contributed by atoms with E-state index in [-0.39, 0.29) is 0 Å². The molecule has 0 amide bonds. The fourth-order valence-electron chi connectivity index (χ4n) is 4.24. The van der Waals surface area contributed by atoms with Crippen molar-refractivity contribution in [3.63, 3.8) is 0 Å². The molecule has 3 heterocycles. The molecule has 164 valence electrons. The second-order valence-electron chi connectivity index (χ2n) is 7.92. The van der Waals surface area contributed by atoms with E-state index in [0.29, 0.717) is 11.9 Å². The molecule has 0 atom stereocenters. The maximum atomic E-state index is 6.33. The van der Waals surface area contributed by atoms with Gasteiger partial charge in [0.05, 0.1) is 12.0 Å². The molecule has 5 nitrogen and oxygen atoms in total. The molecule has 0 unspecified atom stereocenters. The molecule has 0 aliphatic carbocycles. The van der Waals surface area contributed by atoms with E-state index in [4.69, 9.17) is 16.3 Å². The summed E-state index contributed by atoms with van der Waals surface area (Å²) in [5.74, 6) is 1.80. The van der Waals surface area contributed by atoms with Crippen LogP contribution in [0.5, 0.6) is 5.75 Å². The minimum Gasteiger partial charge on any atom is -0.494 e. The van der Waals surface area contributed by atoms with Crippen LogP contribution in [0.25, 0.3) is 21.3 Å². The van der Waals surface area contributed by atoms with Gasteiger partial charge in [-0.15, -0.1) is 11.3 Å². The molecule has 0 bridgehead atoms. The Hall–Kier alpha value is -2.83. The van der Waals surface area contributed by atoms with Crippen molar-refractivity contribution in [3.05, 3.63) is 64.8 Å². The largest absolute Gasteiger partial charge is 0.494 e. The van der Waals surface area contributed by atoms with E-state index in [0.717, 1.165) is 59.1 Å². The number of fused-ring (bicyclic) bond motifs is 1. The summed E-state index contributed by atoms with van der Waals surface area (Å²) >= 11 is 7.94. The number of halogens is 1. The summed E-state index contributed by atoms with van der Waals surface area (Å²) in [5, 5.41) is 3.53. The zero-order valence-electron chi connectivity index (χ0n) is 18.2. The Kier molecular flexibility index (Phi) is 5.89. The molecular weight excluding hydrogens is 440 g/mol. The number of nitrogens with zero attached hydrogens (tertiary/aromatic N) is 4. The third-order valence-electron chi connectivity index (χ3n) is 5.81. The van der Waals surface area contributed by atoms with Gasteiger partial charge in [0.2, 0.25) is 5.28 Å². The minimum atomic E-state index is 0.300. The molecule has 1 fully saturated rings. The van der Waals surface area contributed by atoms with Crippen LogP contribution in [-0.2, 0) is 0 Å². The number of hydrogen-bond acceptors (Lipinski definition) is 6. The van der Waals surface area contributed by atoms with E-state index < -0.39 is 0 Å². The van der Waals surface area contributed by atoms with Crippen molar-refractivity contribution in [3.8, 4) is 16.9 Å². The highest BCUT2D eigenvalue weighted by atomic mass is 35.5. The van der Waals surface area contributed by atoms with Crippen LogP contribution < -0.4 is 14.5 Å². The molecule has 2 aromatic carbocycles. The zero-order valence-corrected chi connectivity index (χ0v) is 19.8. The van der Waals surface area contributed by atoms with Gasteiger partial charge in [-0.2, -0.15) is 4.98 Å². The van der Waals surface area contributed by atoms with E-state index in [1.54, 1.807) is 11.3 Å². The first kappa shape index (κ1) is 21.0. The van der Waals surface area contributed by atoms with E-state index in [1.807, 2.05) is 19.1 Å². The molecule has 4 aromatic rings. The third kappa shape index (κ3) is 4.12. The van der Waals surface area contributed by atoms with Gasteiger partial charge >= 0.3 is 0 Å². The Morgan fingerprint density at radius 1 is 1.00 bits per heavy atom. The second kappa shape index (κ2) is 8.96. The quantitative estimate of drug-likeness (QED) is 0.336. The first-order chi connectivity index (χ1) is 15.6. The van der Waals surface area contributed by atoms with Gasteiger partial charge in [0.15, 0.2) is 0 Å². The van der Waals surface area contributed by atoms with Crippen LogP contribution in [0.2, 0.25) is 5.28 Å². The lowest BCUT2D eigenvalue weighted by Gasteiger charge is -2.37. The molecule has 0 spiro atoms. The highest BCUT2D eigenvalue weighted by Crippen LogP contribution is 2.39. The molecule has 1 aliphatic heterocycles. The van der Waals surface area contributed by atoms with Crippen LogP contribution in [0.1, 0.15) is 12.5 Å². The number of hydrogen-bond donors (Lipinski definition) is 0. The van der Waals surface area contributed by atoms with E-state index in [1.165, 1.54) is 11.3 Å². The molecule has 1 saturated heterocycles. The Morgan fingerprint density at radius 2 is 1.75 bits per heavy atom. The SMILES string of the molecule is CCOc1ccc(-c2csc3nc(Cl)nc(N4CCN(c5cccc(C)c5)CC4)c23)cc1. The summed E-state index contributed by atoms with van der Waals surface area (Å²) in [6.07, 6.45) is 0. The molecular formula is C25H25ClN4OS. The Morgan fingerprint density at radius 3 is 2.47 bits per heavy atom. The predicted molar refractivity (Wildman–Crippen MR) is 135 cm³/mol. The first-order valence-corrected chi connectivity index (χ1v) is 12.1. The van der Waals surface area contributed by atoms with Crippen LogP contribution in [0.3, 0.4) is 0 Å². The van der Waals surface area contributed by atoms with Gasteiger partial charge in [0.1, 0.15) is 16.4 Å². The highest BCUT2D eigenvalue weighted by Gasteiger charge is 2.23. The van der Waals surface area contributed by atoms with Crippen molar-refractivity contribution in [2.24, 2.45) is 0 Å². The monoisotopic (exact) mass is 464 g/mol. The van der Waals surface area contributed by atoms with Crippen LogP contribution >= 0.6 is 22.9 Å². The number of piperazine rings is 1. The standard InChI is InChI=1S/C25H25ClN4OS/c1-3-31-20-9-7-18(8-10-20)21-16-32-24-22(21)23(27-25(26)28-24)30-13-11-29(12-14-30)19-6-4-5-17(2)15-19/h4-10,15-16H,3,11-14H2,1-2H3. The fourth-order valence-corrected chi connectivity index (χ4v) is 5.39. The van der Waals surface area contributed by atoms with Gasteiger partial charge in [-0.05, 0) is 60.8 Å². The first-order valence-electron chi connectivity index (χ1n) is 10.9. The maximum Gasteiger partial charge on any atom is 0.225 e. The summed E-state index contributed by atoms with van der Waals surface area (Å²) in [6.45, 7) is 8.44. The third-order valence-corrected chi connectivity index (χ3v) is 6.85. The topological polar surface area (TPSA) is 41.5 Å². The van der Waals surface area contributed by atoms with Crippen molar-refractivity contribution in [1.82, 2.24) is 9.97 Å². The Labute approximate surface area is 197 Å².